The summed E-state index contributed by atoms with van der Waals surface area (Å²) < 4.78 is 7.86. The Hall–Kier alpha value is -3.88. The Morgan fingerprint density at radius 2 is 1.73 bits per heavy atom. The first-order valence-electron chi connectivity index (χ1n) is 11.9. The van der Waals surface area contributed by atoms with Crippen LogP contribution in [0.1, 0.15) is 21.8 Å². The summed E-state index contributed by atoms with van der Waals surface area (Å²) in [5.41, 5.74) is 3.99. The number of amides is 1. The van der Waals surface area contributed by atoms with Gasteiger partial charge in [-0.3, -0.25) is 9.36 Å². The molecule has 8 heteroatoms. The van der Waals surface area contributed by atoms with Crippen molar-refractivity contribution >= 4 is 34.7 Å². The lowest BCUT2D eigenvalue weighted by Crippen LogP contribution is -2.14. The van der Waals surface area contributed by atoms with E-state index in [1.54, 1.807) is 11.3 Å². The third-order valence-corrected chi connectivity index (χ3v) is 7.43. The molecule has 37 heavy (non-hydrogen) atoms. The van der Waals surface area contributed by atoms with Crippen molar-refractivity contribution in [3.8, 4) is 11.4 Å². The van der Waals surface area contributed by atoms with Crippen LogP contribution in [-0.4, -0.2) is 26.4 Å². The van der Waals surface area contributed by atoms with Gasteiger partial charge in [0.1, 0.15) is 18.2 Å². The lowest BCUT2D eigenvalue weighted by molar-refractivity contribution is -0.113. The van der Waals surface area contributed by atoms with E-state index in [0.717, 1.165) is 28.5 Å². The maximum atomic E-state index is 12.7. The summed E-state index contributed by atoms with van der Waals surface area (Å²) in [6.07, 6.45) is 0.685. The average Bonchev–Trinajstić information content (AvgIpc) is 3.58. The van der Waals surface area contributed by atoms with Crippen LogP contribution in [0.5, 0.6) is 5.75 Å². The summed E-state index contributed by atoms with van der Waals surface area (Å²) in [4.78, 5) is 13.9. The fourth-order valence-electron chi connectivity index (χ4n) is 3.73. The zero-order valence-corrected chi connectivity index (χ0v) is 22.0. The lowest BCUT2D eigenvalue weighted by Gasteiger charge is -2.11. The first-order chi connectivity index (χ1) is 18.1. The van der Waals surface area contributed by atoms with Crippen molar-refractivity contribution in [3.63, 3.8) is 0 Å². The number of nitrogens with one attached hydrogen (secondary N) is 1. The van der Waals surface area contributed by atoms with E-state index in [4.69, 9.17) is 4.74 Å². The molecule has 1 N–H and O–H groups in total. The molecule has 0 fully saturated rings. The highest BCUT2D eigenvalue weighted by atomic mass is 32.2. The van der Waals surface area contributed by atoms with Gasteiger partial charge in [-0.2, -0.15) is 0 Å². The predicted octanol–water partition coefficient (Wildman–Crippen LogP) is 6.54. The van der Waals surface area contributed by atoms with E-state index >= 15 is 0 Å². The van der Waals surface area contributed by atoms with E-state index in [1.165, 1.54) is 22.2 Å². The van der Waals surface area contributed by atoms with Gasteiger partial charge in [-0.05, 0) is 60.3 Å². The molecule has 0 unspecified atom stereocenters. The molecule has 0 aliphatic carbocycles. The SMILES string of the molecule is Cc1ccc(-n2c(Cc3cccs3)nnc2SCC(=O)Nc2ccc(OCc3ccccc3)cc2)cc1. The molecule has 0 radical (unpaired) electrons. The van der Waals surface area contributed by atoms with Crippen LogP contribution in [0, 0.1) is 6.92 Å². The van der Waals surface area contributed by atoms with Gasteiger partial charge in [0.2, 0.25) is 5.91 Å². The van der Waals surface area contributed by atoms with Gasteiger partial charge in [-0.25, -0.2) is 0 Å². The highest BCUT2D eigenvalue weighted by Gasteiger charge is 2.17. The van der Waals surface area contributed by atoms with Crippen LogP contribution >= 0.6 is 23.1 Å². The Morgan fingerprint density at radius 1 is 0.946 bits per heavy atom. The van der Waals surface area contributed by atoms with E-state index < -0.39 is 0 Å². The summed E-state index contributed by atoms with van der Waals surface area (Å²) in [7, 11) is 0. The Labute approximate surface area is 224 Å². The van der Waals surface area contributed by atoms with Crippen molar-refractivity contribution in [3.05, 3.63) is 118 Å². The quantitative estimate of drug-likeness (QED) is 0.209. The van der Waals surface area contributed by atoms with E-state index in [-0.39, 0.29) is 11.7 Å². The number of hydrogen-bond donors (Lipinski definition) is 1. The number of carbonyl (C=O) groups excluding carboxylic acids is 1. The lowest BCUT2D eigenvalue weighted by atomic mass is 10.2. The molecule has 2 aromatic heterocycles. The van der Waals surface area contributed by atoms with Crippen LogP contribution in [0.25, 0.3) is 5.69 Å². The summed E-state index contributed by atoms with van der Waals surface area (Å²) in [5, 5.41) is 14.6. The summed E-state index contributed by atoms with van der Waals surface area (Å²) in [6, 6.07) is 29.8. The highest BCUT2D eigenvalue weighted by molar-refractivity contribution is 7.99. The topological polar surface area (TPSA) is 69.0 Å². The Kier molecular flexibility index (Phi) is 7.98. The summed E-state index contributed by atoms with van der Waals surface area (Å²) in [6.45, 7) is 2.56. The molecular formula is C29H26N4O2S2. The van der Waals surface area contributed by atoms with Crippen molar-refractivity contribution < 1.29 is 9.53 Å². The Bertz CT molecular complexity index is 1430. The third kappa shape index (κ3) is 6.67. The number of aromatic nitrogens is 3. The minimum atomic E-state index is -0.110. The van der Waals surface area contributed by atoms with Gasteiger partial charge in [0.15, 0.2) is 5.16 Å². The maximum absolute atomic E-state index is 12.7. The molecule has 0 saturated heterocycles. The number of anilines is 1. The minimum Gasteiger partial charge on any atom is -0.489 e. The smallest absolute Gasteiger partial charge is 0.234 e. The molecule has 186 valence electrons. The summed E-state index contributed by atoms with van der Waals surface area (Å²) >= 11 is 3.07. The molecular weight excluding hydrogens is 500 g/mol. The number of carbonyl (C=O) groups is 1. The molecule has 6 nitrogen and oxygen atoms in total. The van der Waals surface area contributed by atoms with Gasteiger partial charge in [-0.15, -0.1) is 21.5 Å². The Morgan fingerprint density at radius 3 is 2.46 bits per heavy atom. The average molecular weight is 527 g/mol. The number of thiophene rings is 1. The van der Waals surface area contributed by atoms with E-state index in [1.807, 2.05) is 65.2 Å². The number of rotatable bonds is 10. The van der Waals surface area contributed by atoms with Crippen LogP contribution in [0.3, 0.4) is 0 Å². The van der Waals surface area contributed by atoms with E-state index in [9.17, 15) is 4.79 Å². The number of nitrogens with zero attached hydrogens (tertiary/aromatic N) is 3. The molecule has 2 heterocycles. The molecule has 0 spiro atoms. The largest absolute Gasteiger partial charge is 0.489 e. The fraction of sp³-hybridized carbons (Fsp3) is 0.138. The van der Waals surface area contributed by atoms with Gasteiger partial charge in [0.05, 0.1) is 5.75 Å². The third-order valence-electron chi connectivity index (χ3n) is 5.62. The molecule has 0 bridgehead atoms. The first-order valence-corrected chi connectivity index (χ1v) is 13.7. The molecule has 0 aliphatic heterocycles. The molecule has 0 atom stereocenters. The first kappa shape index (κ1) is 24.8. The number of aryl methyl sites for hydroxylation is 1. The zero-order chi connectivity index (χ0) is 25.5. The molecule has 0 aliphatic rings. The standard InChI is InChI=1S/C29H26N4O2S2/c1-21-9-13-24(14-10-21)33-27(18-26-8-5-17-36-26)31-32-29(33)37-20-28(34)30-23-11-15-25(16-12-23)35-19-22-6-3-2-4-7-22/h2-17H,18-20H2,1H3,(H,30,34). The van der Waals surface area contributed by atoms with E-state index in [2.05, 4.69) is 58.1 Å². The maximum Gasteiger partial charge on any atom is 0.234 e. The normalized spacial score (nSPS) is 10.8. The zero-order valence-electron chi connectivity index (χ0n) is 20.3. The van der Waals surface area contributed by atoms with Crippen molar-refractivity contribution in [1.29, 1.82) is 0 Å². The number of thioether (sulfide) groups is 1. The van der Waals surface area contributed by atoms with Crippen molar-refractivity contribution in [2.45, 2.75) is 25.1 Å². The van der Waals surface area contributed by atoms with Crippen LogP contribution in [-0.2, 0) is 17.8 Å². The van der Waals surface area contributed by atoms with Crippen LogP contribution in [0.15, 0.2) is 102 Å². The Balaban J connectivity index is 1.21. The van der Waals surface area contributed by atoms with Gasteiger partial charge in [0.25, 0.3) is 0 Å². The minimum absolute atomic E-state index is 0.110. The highest BCUT2D eigenvalue weighted by Crippen LogP contribution is 2.25. The van der Waals surface area contributed by atoms with Crippen LogP contribution in [0.4, 0.5) is 5.69 Å². The fourth-order valence-corrected chi connectivity index (χ4v) is 5.21. The van der Waals surface area contributed by atoms with Gasteiger partial charge in [0, 0.05) is 22.7 Å². The number of ether oxygens (including phenoxy) is 1. The van der Waals surface area contributed by atoms with Gasteiger partial charge >= 0.3 is 0 Å². The number of hydrogen-bond acceptors (Lipinski definition) is 6. The van der Waals surface area contributed by atoms with E-state index in [0.29, 0.717) is 18.2 Å². The molecule has 5 aromatic rings. The number of benzene rings is 3. The molecule has 5 rings (SSSR count). The van der Waals surface area contributed by atoms with Crippen LogP contribution in [0.2, 0.25) is 0 Å². The van der Waals surface area contributed by atoms with Gasteiger partial charge < -0.3 is 10.1 Å². The molecule has 0 saturated carbocycles. The van der Waals surface area contributed by atoms with Crippen molar-refractivity contribution in [2.75, 3.05) is 11.1 Å². The second kappa shape index (κ2) is 11.9. The predicted molar refractivity (Wildman–Crippen MR) is 150 cm³/mol. The second-order valence-electron chi connectivity index (χ2n) is 8.46. The molecule has 1 amide bonds. The monoisotopic (exact) mass is 526 g/mol. The van der Waals surface area contributed by atoms with Crippen LogP contribution < -0.4 is 10.1 Å². The van der Waals surface area contributed by atoms with Gasteiger partial charge in [-0.1, -0.05) is 65.9 Å². The van der Waals surface area contributed by atoms with Crippen molar-refractivity contribution in [2.24, 2.45) is 0 Å². The summed E-state index contributed by atoms with van der Waals surface area (Å²) in [5.74, 6) is 1.71. The second-order valence-corrected chi connectivity index (χ2v) is 10.4. The van der Waals surface area contributed by atoms with Crippen molar-refractivity contribution in [1.82, 2.24) is 14.8 Å². The molecule has 3 aromatic carbocycles.